The van der Waals surface area contributed by atoms with Crippen LogP contribution in [0.1, 0.15) is 29.5 Å². The Morgan fingerprint density at radius 3 is 2.53 bits per heavy atom. The number of aliphatic imine (C=N–C) groups is 1. The van der Waals surface area contributed by atoms with Crippen LogP contribution in [0, 0.1) is 6.92 Å². The van der Waals surface area contributed by atoms with Gasteiger partial charge in [-0.25, -0.2) is 0 Å². The zero-order valence-electron chi connectivity index (χ0n) is 19.4. The molecule has 0 atom stereocenters. The Morgan fingerprint density at radius 1 is 1.03 bits per heavy atom. The standard InChI is InChI=1S/C26H36N4O2/c1-21-5-3-8-24(17-21)29-11-13-30(14-12-29)26(27-2)28-19-22-6-4-7-23(18-22)20-32-25-9-15-31-16-10-25/h3-8,17-18,25H,9-16,19-20H2,1-2H3,(H,27,28). The lowest BCUT2D eigenvalue weighted by atomic mass is 10.1. The lowest BCUT2D eigenvalue weighted by molar-refractivity contribution is -0.0390. The first-order valence-electron chi connectivity index (χ1n) is 11.8. The predicted molar refractivity (Wildman–Crippen MR) is 130 cm³/mol. The second-order valence-electron chi connectivity index (χ2n) is 8.66. The van der Waals surface area contributed by atoms with Crippen molar-refractivity contribution >= 4 is 11.6 Å². The van der Waals surface area contributed by atoms with Crippen molar-refractivity contribution in [2.24, 2.45) is 4.99 Å². The van der Waals surface area contributed by atoms with E-state index in [-0.39, 0.29) is 0 Å². The third-order valence-corrected chi connectivity index (χ3v) is 6.25. The maximum absolute atomic E-state index is 6.08. The third kappa shape index (κ3) is 6.24. The number of rotatable bonds is 6. The molecule has 6 nitrogen and oxygen atoms in total. The normalized spacial score (nSPS) is 18.1. The highest BCUT2D eigenvalue weighted by atomic mass is 16.5. The molecule has 2 heterocycles. The fourth-order valence-corrected chi connectivity index (χ4v) is 4.40. The molecular formula is C26H36N4O2. The van der Waals surface area contributed by atoms with Gasteiger partial charge in [-0.1, -0.05) is 36.4 Å². The summed E-state index contributed by atoms with van der Waals surface area (Å²) in [5.41, 5.74) is 5.09. The van der Waals surface area contributed by atoms with Crippen LogP contribution in [-0.4, -0.2) is 63.4 Å². The summed E-state index contributed by atoms with van der Waals surface area (Å²) in [6, 6.07) is 17.4. The average molecular weight is 437 g/mol. The van der Waals surface area contributed by atoms with Crippen molar-refractivity contribution in [1.29, 1.82) is 0 Å². The van der Waals surface area contributed by atoms with Gasteiger partial charge in [-0.2, -0.15) is 0 Å². The molecule has 2 aliphatic rings. The van der Waals surface area contributed by atoms with E-state index >= 15 is 0 Å². The summed E-state index contributed by atoms with van der Waals surface area (Å²) in [6.45, 7) is 9.13. The lowest BCUT2D eigenvalue weighted by Gasteiger charge is -2.37. The summed E-state index contributed by atoms with van der Waals surface area (Å²) in [7, 11) is 1.87. The van der Waals surface area contributed by atoms with Crippen molar-refractivity contribution in [2.45, 2.75) is 39.0 Å². The van der Waals surface area contributed by atoms with Crippen molar-refractivity contribution in [2.75, 3.05) is 51.3 Å². The molecule has 32 heavy (non-hydrogen) atoms. The Balaban J connectivity index is 1.25. The van der Waals surface area contributed by atoms with Gasteiger partial charge in [-0.05, 0) is 48.6 Å². The molecule has 2 aliphatic heterocycles. The van der Waals surface area contributed by atoms with E-state index in [1.807, 2.05) is 7.05 Å². The number of ether oxygens (including phenoxy) is 2. The highest BCUT2D eigenvalue weighted by Gasteiger charge is 2.20. The van der Waals surface area contributed by atoms with Crippen LogP contribution in [0.5, 0.6) is 0 Å². The van der Waals surface area contributed by atoms with Crippen LogP contribution in [0.3, 0.4) is 0 Å². The first-order chi connectivity index (χ1) is 15.7. The lowest BCUT2D eigenvalue weighted by Crippen LogP contribution is -2.52. The molecule has 0 amide bonds. The van der Waals surface area contributed by atoms with Crippen LogP contribution in [0.4, 0.5) is 5.69 Å². The van der Waals surface area contributed by atoms with E-state index in [0.717, 1.165) is 64.7 Å². The van der Waals surface area contributed by atoms with Gasteiger partial charge in [0.15, 0.2) is 5.96 Å². The van der Waals surface area contributed by atoms with Crippen molar-refractivity contribution in [1.82, 2.24) is 10.2 Å². The quantitative estimate of drug-likeness (QED) is 0.554. The summed E-state index contributed by atoms with van der Waals surface area (Å²) in [4.78, 5) is 9.34. The summed E-state index contributed by atoms with van der Waals surface area (Å²) in [6.07, 6.45) is 2.31. The minimum absolute atomic E-state index is 0.322. The number of anilines is 1. The number of aryl methyl sites for hydroxylation is 1. The predicted octanol–water partition coefficient (Wildman–Crippen LogP) is 3.59. The van der Waals surface area contributed by atoms with Crippen molar-refractivity contribution in [3.63, 3.8) is 0 Å². The van der Waals surface area contributed by atoms with Gasteiger partial charge in [0.2, 0.25) is 0 Å². The molecule has 0 bridgehead atoms. The van der Waals surface area contributed by atoms with Gasteiger partial charge in [-0.15, -0.1) is 0 Å². The van der Waals surface area contributed by atoms with E-state index in [1.54, 1.807) is 0 Å². The molecule has 2 saturated heterocycles. The van der Waals surface area contributed by atoms with E-state index in [4.69, 9.17) is 9.47 Å². The molecular weight excluding hydrogens is 400 g/mol. The van der Waals surface area contributed by atoms with Gasteiger partial charge in [0.25, 0.3) is 0 Å². The molecule has 4 rings (SSSR count). The minimum atomic E-state index is 0.322. The van der Waals surface area contributed by atoms with E-state index in [1.165, 1.54) is 22.4 Å². The molecule has 172 valence electrons. The fourth-order valence-electron chi connectivity index (χ4n) is 4.40. The topological polar surface area (TPSA) is 49.3 Å². The van der Waals surface area contributed by atoms with Gasteiger partial charge in [0, 0.05) is 58.7 Å². The number of piperazine rings is 1. The average Bonchev–Trinajstić information content (AvgIpc) is 2.84. The van der Waals surface area contributed by atoms with E-state index in [0.29, 0.717) is 12.7 Å². The molecule has 2 aromatic carbocycles. The van der Waals surface area contributed by atoms with Crippen molar-refractivity contribution in [3.8, 4) is 0 Å². The SMILES string of the molecule is CN=C(NCc1cccc(COC2CCOCC2)c1)N1CCN(c2cccc(C)c2)CC1. The molecule has 2 fully saturated rings. The minimum Gasteiger partial charge on any atom is -0.381 e. The molecule has 2 aromatic rings. The summed E-state index contributed by atoms with van der Waals surface area (Å²) in [5, 5.41) is 3.55. The summed E-state index contributed by atoms with van der Waals surface area (Å²) < 4.78 is 11.5. The number of hydrogen-bond donors (Lipinski definition) is 1. The summed E-state index contributed by atoms with van der Waals surface area (Å²) in [5.74, 6) is 0.970. The zero-order valence-corrected chi connectivity index (χ0v) is 19.4. The maximum atomic E-state index is 6.08. The number of hydrogen-bond acceptors (Lipinski definition) is 4. The molecule has 0 spiro atoms. The number of nitrogens with zero attached hydrogens (tertiary/aromatic N) is 3. The van der Waals surface area contributed by atoms with Crippen LogP contribution in [-0.2, 0) is 22.6 Å². The second kappa shape index (κ2) is 11.3. The first kappa shape index (κ1) is 22.6. The van der Waals surface area contributed by atoms with Gasteiger partial charge in [0.1, 0.15) is 0 Å². The van der Waals surface area contributed by atoms with Crippen molar-refractivity contribution in [3.05, 3.63) is 65.2 Å². The van der Waals surface area contributed by atoms with E-state index in [2.05, 4.69) is 75.6 Å². The van der Waals surface area contributed by atoms with Crippen LogP contribution >= 0.6 is 0 Å². The Hall–Kier alpha value is -2.57. The number of nitrogens with one attached hydrogen (secondary N) is 1. The summed E-state index contributed by atoms with van der Waals surface area (Å²) >= 11 is 0. The largest absolute Gasteiger partial charge is 0.381 e. The molecule has 0 saturated carbocycles. The first-order valence-corrected chi connectivity index (χ1v) is 11.8. The number of benzene rings is 2. The van der Waals surface area contributed by atoms with Crippen LogP contribution < -0.4 is 10.2 Å². The molecule has 0 unspecified atom stereocenters. The maximum Gasteiger partial charge on any atom is 0.194 e. The second-order valence-corrected chi connectivity index (χ2v) is 8.66. The number of guanidine groups is 1. The van der Waals surface area contributed by atoms with Crippen molar-refractivity contribution < 1.29 is 9.47 Å². The Kier molecular flexibility index (Phi) is 8.02. The zero-order chi connectivity index (χ0) is 22.2. The Bertz CT molecular complexity index is 887. The third-order valence-electron chi connectivity index (χ3n) is 6.25. The van der Waals surface area contributed by atoms with E-state index < -0.39 is 0 Å². The molecule has 6 heteroatoms. The van der Waals surface area contributed by atoms with Gasteiger partial charge in [-0.3, -0.25) is 4.99 Å². The van der Waals surface area contributed by atoms with Gasteiger partial charge in [0.05, 0.1) is 12.7 Å². The highest BCUT2D eigenvalue weighted by molar-refractivity contribution is 5.80. The highest BCUT2D eigenvalue weighted by Crippen LogP contribution is 2.18. The van der Waals surface area contributed by atoms with Gasteiger partial charge >= 0.3 is 0 Å². The molecule has 0 radical (unpaired) electrons. The van der Waals surface area contributed by atoms with Crippen LogP contribution in [0.15, 0.2) is 53.5 Å². The smallest absolute Gasteiger partial charge is 0.194 e. The van der Waals surface area contributed by atoms with E-state index in [9.17, 15) is 0 Å². The Labute approximate surface area is 192 Å². The monoisotopic (exact) mass is 436 g/mol. The van der Waals surface area contributed by atoms with Crippen LogP contribution in [0.2, 0.25) is 0 Å². The van der Waals surface area contributed by atoms with Crippen LogP contribution in [0.25, 0.3) is 0 Å². The molecule has 0 aromatic heterocycles. The van der Waals surface area contributed by atoms with Gasteiger partial charge < -0.3 is 24.6 Å². The Morgan fingerprint density at radius 2 is 1.78 bits per heavy atom. The fraction of sp³-hybridized carbons (Fsp3) is 0.500. The molecule has 0 aliphatic carbocycles. The molecule has 1 N–H and O–H groups in total.